The molecule has 7 heteroatoms. The third-order valence-corrected chi connectivity index (χ3v) is 7.51. The highest BCUT2D eigenvalue weighted by Crippen LogP contribution is 2.32. The van der Waals surface area contributed by atoms with Gasteiger partial charge in [-0.1, -0.05) is 70.4 Å². The number of carbonyl (C=O) groups is 1. The number of halogens is 3. The molecule has 2 unspecified atom stereocenters. The Morgan fingerprint density at radius 1 is 1.25 bits per heavy atom. The zero-order chi connectivity index (χ0) is 26.9. The lowest BCUT2D eigenvalue weighted by atomic mass is 9.94. The van der Waals surface area contributed by atoms with Gasteiger partial charge in [-0.25, -0.2) is 0 Å². The maximum absolute atomic E-state index is 13.7. The quantitative estimate of drug-likeness (QED) is 0.251. The van der Waals surface area contributed by atoms with Crippen LogP contribution in [0.3, 0.4) is 0 Å². The van der Waals surface area contributed by atoms with E-state index < -0.39 is 22.5 Å². The summed E-state index contributed by atoms with van der Waals surface area (Å²) in [6, 6.07) is 0.108. The number of hydrogen-bond acceptors (Lipinski definition) is 2. The summed E-state index contributed by atoms with van der Waals surface area (Å²) in [5.74, 6) is -0.292. The van der Waals surface area contributed by atoms with Gasteiger partial charge in [-0.3, -0.25) is 9.00 Å². The molecule has 0 radical (unpaired) electrons. The molecule has 1 aromatic heterocycles. The maximum Gasteiger partial charge on any atom is 0.416 e. The normalized spacial score (nSPS) is 19.2. The first kappa shape index (κ1) is 29.8. The molecule has 0 saturated heterocycles. The van der Waals surface area contributed by atoms with E-state index in [-0.39, 0.29) is 17.5 Å². The number of aromatic nitrogens is 1. The van der Waals surface area contributed by atoms with Crippen molar-refractivity contribution in [2.45, 2.75) is 83.9 Å². The first-order valence-corrected chi connectivity index (χ1v) is 14.1. The SMILES string of the molecule is C=C/C=C(\C=C/C(C)c1c(C=O)c(=C/C(=C\C)C(F)(F)F)/c(=C/CCC)n1C1CCCCC1)S(C)=O. The van der Waals surface area contributed by atoms with Crippen LogP contribution in [0.4, 0.5) is 13.2 Å². The molecule has 1 fully saturated rings. The van der Waals surface area contributed by atoms with Gasteiger partial charge in [-0.2, -0.15) is 13.2 Å². The number of alkyl halides is 3. The van der Waals surface area contributed by atoms with Crippen LogP contribution in [0.15, 0.2) is 47.4 Å². The van der Waals surface area contributed by atoms with Gasteiger partial charge >= 0.3 is 6.18 Å². The summed E-state index contributed by atoms with van der Waals surface area (Å²) in [6.07, 6.45) is 15.3. The fraction of sp³-hybridized carbons (Fsp3) is 0.483. The third kappa shape index (κ3) is 7.31. The van der Waals surface area contributed by atoms with Crippen molar-refractivity contribution in [1.82, 2.24) is 4.57 Å². The number of unbranched alkanes of at least 4 members (excludes halogenated alkanes) is 1. The Morgan fingerprint density at radius 3 is 2.42 bits per heavy atom. The number of aldehydes is 1. The summed E-state index contributed by atoms with van der Waals surface area (Å²) in [5, 5.41) is 1.01. The van der Waals surface area contributed by atoms with Crippen molar-refractivity contribution in [3.63, 3.8) is 0 Å². The minimum Gasteiger partial charge on any atom is -0.340 e. The van der Waals surface area contributed by atoms with Gasteiger partial charge < -0.3 is 4.57 Å². The van der Waals surface area contributed by atoms with Gasteiger partial charge in [0.25, 0.3) is 0 Å². The highest BCUT2D eigenvalue weighted by molar-refractivity contribution is 7.88. The maximum atomic E-state index is 13.7. The van der Waals surface area contributed by atoms with E-state index in [1.54, 1.807) is 24.5 Å². The molecule has 0 amide bonds. The molecule has 1 aliphatic rings. The van der Waals surface area contributed by atoms with Crippen molar-refractivity contribution >= 4 is 29.2 Å². The highest BCUT2D eigenvalue weighted by Gasteiger charge is 2.32. The average molecular weight is 522 g/mol. The Labute approximate surface area is 215 Å². The topological polar surface area (TPSA) is 39.1 Å². The lowest BCUT2D eigenvalue weighted by Crippen LogP contribution is -2.34. The van der Waals surface area contributed by atoms with Crippen LogP contribution in [0.2, 0.25) is 0 Å². The number of allylic oxidation sites excluding steroid dienone is 6. The molecule has 1 aromatic rings. The molecule has 3 nitrogen and oxygen atoms in total. The second kappa shape index (κ2) is 13.8. The molecule has 1 heterocycles. The van der Waals surface area contributed by atoms with Gasteiger partial charge in [0.05, 0.1) is 5.57 Å². The van der Waals surface area contributed by atoms with Gasteiger partial charge in [0.1, 0.15) is 0 Å². The molecule has 2 rings (SSSR count). The Morgan fingerprint density at radius 2 is 1.92 bits per heavy atom. The highest BCUT2D eigenvalue weighted by atomic mass is 32.2. The van der Waals surface area contributed by atoms with E-state index in [0.29, 0.717) is 33.9 Å². The van der Waals surface area contributed by atoms with Crippen molar-refractivity contribution in [3.8, 4) is 0 Å². The van der Waals surface area contributed by atoms with E-state index in [1.807, 2.05) is 26.0 Å². The molecule has 0 aliphatic heterocycles. The largest absolute Gasteiger partial charge is 0.416 e. The molecule has 0 bridgehead atoms. The molecule has 1 saturated carbocycles. The van der Waals surface area contributed by atoms with E-state index in [2.05, 4.69) is 11.1 Å². The van der Waals surface area contributed by atoms with Crippen LogP contribution in [-0.4, -0.2) is 27.5 Å². The summed E-state index contributed by atoms with van der Waals surface area (Å²) < 4.78 is 55.5. The monoisotopic (exact) mass is 521 g/mol. The van der Waals surface area contributed by atoms with Gasteiger partial charge in [-0.15, -0.1) is 0 Å². The number of carbonyl (C=O) groups excluding carboxylic acids is 1. The van der Waals surface area contributed by atoms with E-state index >= 15 is 0 Å². The summed E-state index contributed by atoms with van der Waals surface area (Å²) in [6.45, 7) is 8.97. The zero-order valence-corrected chi connectivity index (χ0v) is 22.6. The van der Waals surface area contributed by atoms with E-state index in [9.17, 15) is 22.2 Å². The fourth-order valence-corrected chi connectivity index (χ4v) is 5.36. The second-order valence-electron chi connectivity index (χ2n) is 9.16. The Balaban J connectivity index is 2.95. The predicted molar refractivity (Wildman–Crippen MR) is 145 cm³/mol. The molecule has 1 aliphatic carbocycles. The van der Waals surface area contributed by atoms with E-state index in [4.69, 9.17) is 0 Å². The van der Waals surface area contributed by atoms with Crippen LogP contribution >= 0.6 is 0 Å². The number of hydrogen-bond donors (Lipinski definition) is 0. The van der Waals surface area contributed by atoms with Crippen molar-refractivity contribution in [2.24, 2.45) is 0 Å². The van der Waals surface area contributed by atoms with Gasteiger partial charge in [0, 0.05) is 55.7 Å². The Hall–Kier alpha value is -2.41. The van der Waals surface area contributed by atoms with Crippen molar-refractivity contribution in [3.05, 3.63) is 69.3 Å². The van der Waals surface area contributed by atoms with Crippen LogP contribution in [0.5, 0.6) is 0 Å². The van der Waals surface area contributed by atoms with E-state index in [1.165, 1.54) is 6.92 Å². The third-order valence-electron chi connectivity index (χ3n) is 6.58. The first-order valence-electron chi connectivity index (χ1n) is 12.6. The molecule has 0 spiro atoms. The van der Waals surface area contributed by atoms with Crippen molar-refractivity contribution < 1.29 is 22.2 Å². The lowest BCUT2D eigenvalue weighted by molar-refractivity contribution is -0.0866. The average Bonchev–Trinajstić information content (AvgIpc) is 3.15. The molecular weight excluding hydrogens is 483 g/mol. The minimum absolute atomic E-state index is 0.108. The summed E-state index contributed by atoms with van der Waals surface area (Å²) >= 11 is 0. The van der Waals surface area contributed by atoms with Crippen LogP contribution in [0.1, 0.15) is 93.7 Å². The van der Waals surface area contributed by atoms with Crippen molar-refractivity contribution in [2.75, 3.05) is 6.26 Å². The number of rotatable bonds is 10. The Bertz CT molecular complexity index is 1160. The Kier molecular flexibility index (Phi) is 11.4. The van der Waals surface area contributed by atoms with E-state index in [0.717, 1.165) is 50.7 Å². The fourth-order valence-electron chi connectivity index (χ4n) is 4.81. The molecule has 198 valence electrons. The van der Waals surface area contributed by atoms with Crippen LogP contribution in [0.25, 0.3) is 12.2 Å². The lowest BCUT2D eigenvalue weighted by Gasteiger charge is -2.27. The van der Waals surface area contributed by atoms with Gasteiger partial charge in [0.2, 0.25) is 0 Å². The molecule has 0 N–H and O–H groups in total. The minimum atomic E-state index is -4.52. The van der Waals surface area contributed by atoms with Crippen LogP contribution < -0.4 is 10.6 Å². The van der Waals surface area contributed by atoms with Gasteiger partial charge in [0.15, 0.2) is 6.29 Å². The zero-order valence-electron chi connectivity index (χ0n) is 21.7. The van der Waals surface area contributed by atoms with Gasteiger partial charge in [-0.05, 0) is 44.4 Å². The smallest absolute Gasteiger partial charge is 0.340 e. The second-order valence-corrected chi connectivity index (χ2v) is 10.5. The van der Waals surface area contributed by atoms with Crippen molar-refractivity contribution in [1.29, 1.82) is 0 Å². The summed E-state index contributed by atoms with van der Waals surface area (Å²) in [5.41, 5.74) is 0.222. The first-order chi connectivity index (χ1) is 17.1. The molecular formula is C29H38F3NO2S. The van der Waals surface area contributed by atoms with Crippen LogP contribution in [-0.2, 0) is 10.8 Å². The molecule has 2 atom stereocenters. The predicted octanol–water partition coefficient (Wildman–Crippen LogP) is 6.78. The van der Waals surface area contributed by atoms with Crippen LogP contribution in [0, 0.1) is 0 Å². The standard InChI is InChI=1S/C29H38F3NO2S/c1-6-9-16-27-25(19-22(8-3)29(30,31)32)26(20-34)28(33(27)23-14-11-10-12-15-23)21(4)17-18-24(13-7-2)36(5)35/h7-8,13,16-21,23H,2,6,9-12,14-15H2,1,3-5H3/b18-17-,22-8+,24-13+,25-19-,27-16-. The molecule has 36 heavy (non-hydrogen) atoms. The number of nitrogens with zero attached hydrogens (tertiary/aromatic N) is 1. The summed E-state index contributed by atoms with van der Waals surface area (Å²) in [4.78, 5) is 13.1. The summed E-state index contributed by atoms with van der Waals surface area (Å²) in [7, 11) is -1.23. The molecule has 0 aromatic carbocycles.